The van der Waals surface area contributed by atoms with E-state index >= 15 is 0 Å². The zero-order valence-electron chi connectivity index (χ0n) is 15.7. The molecule has 6 heteroatoms. The van der Waals surface area contributed by atoms with Gasteiger partial charge in [0.15, 0.2) is 11.6 Å². The Balaban J connectivity index is 1.68. The van der Waals surface area contributed by atoms with Crippen molar-refractivity contribution in [3.05, 3.63) is 98.5 Å². The van der Waals surface area contributed by atoms with Gasteiger partial charge >= 0.3 is 0 Å². The van der Waals surface area contributed by atoms with E-state index in [2.05, 4.69) is 15.9 Å². The molecule has 0 bridgehead atoms. The van der Waals surface area contributed by atoms with Crippen molar-refractivity contribution in [1.29, 1.82) is 0 Å². The average Bonchev–Trinajstić information content (AvgIpc) is 2.73. The van der Waals surface area contributed by atoms with Gasteiger partial charge in [-0.1, -0.05) is 64.5 Å². The number of hydrogen-bond acceptors (Lipinski definition) is 5. The van der Waals surface area contributed by atoms with Crippen molar-refractivity contribution < 1.29 is 24.9 Å². The van der Waals surface area contributed by atoms with Crippen LogP contribution in [0.2, 0.25) is 0 Å². The Morgan fingerprint density at radius 1 is 0.900 bits per heavy atom. The highest BCUT2D eigenvalue weighted by atomic mass is 79.9. The first-order valence-electron chi connectivity index (χ1n) is 9.26. The number of halogens is 1. The minimum Gasteiger partial charge on any atom is -0.507 e. The number of aromatic hydroxyl groups is 2. The fourth-order valence-electron chi connectivity index (χ4n) is 3.60. The molecule has 0 saturated carbocycles. The van der Waals surface area contributed by atoms with Gasteiger partial charge in [0, 0.05) is 21.2 Å². The Hall–Kier alpha value is -3.22. The van der Waals surface area contributed by atoms with E-state index in [1.54, 1.807) is 18.2 Å². The van der Waals surface area contributed by atoms with Gasteiger partial charge in [0.2, 0.25) is 0 Å². The molecular weight excluding hydrogens is 448 g/mol. The lowest BCUT2D eigenvalue weighted by molar-refractivity contribution is 0.0973. The van der Waals surface area contributed by atoms with Gasteiger partial charge in [-0.3, -0.25) is 9.59 Å². The number of rotatable bonds is 4. The molecule has 1 aliphatic carbocycles. The van der Waals surface area contributed by atoms with Gasteiger partial charge < -0.3 is 15.3 Å². The van der Waals surface area contributed by atoms with Crippen LogP contribution < -0.4 is 0 Å². The van der Waals surface area contributed by atoms with Crippen LogP contribution in [0, 0.1) is 0 Å². The van der Waals surface area contributed by atoms with Crippen molar-refractivity contribution in [1.82, 2.24) is 0 Å². The quantitative estimate of drug-likeness (QED) is 0.378. The Kier molecular flexibility index (Phi) is 5.28. The minimum absolute atomic E-state index is 0.00864. The first-order valence-corrected chi connectivity index (χ1v) is 10.0. The number of phenolic OH excluding ortho intramolecular Hbond substituents is 2. The van der Waals surface area contributed by atoms with E-state index in [1.165, 1.54) is 12.1 Å². The molecule has 3 aromatic carbocycles. The van der Waals surface area contributed by atoms with E-state index in [1.807, 2.05) is 30.3 Å². The van der Waals surface area contributed by atoms with Crippen LogP contribution >= 0.6 is 15.9 Å². The van der Waals surface area contributed by atoms with Gasteiger partial charge in [-0.15, -0.1) is 0 Å². The van der Waals surface area contributed by atoms with Gasteiger partial charge in [0.05, 0.1) is 17.2 Å². The lowest BCUT2D eigenvalue weighted by Crippen LogP contribution is -2.22. The van der Waals surface area contributed by atoms with Crippen molar-refractivity contribution in [2.24, 2.45) is 0 Å². The van der Waals surface area contributed by atoms with Crippen molar-refractivity contribution in [3.63, 3.8) is 0 Å². The highest BCUT2D eigenvalue weighted by molar-refractivity contribution is 9.10. The number of fused-ring (bicyclic) bond motifs is 2. The van der Waals surface area contributed by atoms with Crippen LogP contribution in [0.3, 0.4) is 0 Å². The molecule has 5 nitrogen and oxygen atoms in total. The summed E-state index contributed by atoms with van der Waals surface area (Å²) in [6.45, 7) is 0. The van der Waals surface area contributed by atoms with Crippen LogP contribution in [0.5, 0.6) is 11.5 Å². The Morgan fingerprint density at radius 2 is 1.57 bits per heavy atom. The van der Waals surface area contributed by atoms with Crippen LogP contribution in [0.4, 0.5) is 0 Å². The molecular formula is C24H17BrO5. The molecule has 30 heavy (non-hydrogen) atoms. The fraction of sp³-hybridized carbons (Fsp3) is 0.0833. The lowest BCUT2D eigenvalue weighted by Gasteiger charge is -2.22. The number of carbonyl (C=O) groups is 2. The van der Waals surface area contributed by atoms with Crippen molar-refractivity contribution >= 4 is 33.6 Å². The Morgan fingerprint density at radius 3 is 2.23 bits per heavy atom. The van der Waals surface area contributed by atoms with Crippen LogP contribution in [-0.4, -0.2) is 26.9 Å². The van der Waals surface area contributed by atoms with Gasteiger partial charge in [-0.05, 0) is 30.2 Å². The number of hydrogen-bond donors (Lipinski definition) is 3. The Labute approximate surface area is 181 Å². The molecule has 0 heterocycles. The summed E-state index contributed by atoms with van der Waals surface area (Å²) in [5, 5.41) is 31.7. The van der Waals surface area contributed by atoms with E-state index in [4.69, 9.17) is 0 Å². The van der Waals surface area contributed by atoms with Crippen LogP contribution in [-0.2, 0) is 0 Å². The molecule has 0 saturated heterocycles. The standard InChI is InChI=1S/C24H17BrO5/c25-14-7-3-5-13(11-14)6-4-10-18(26)17-12-19(27)20-21(24(17)30)23(29)16-9-2-1-8-15(16)22(20)28/h1-9,11-12,18,26-27,30H,10H2/b6-4+. The highest BCUT2D eigenvalue weighted by Crippen LogP contribution is 2.42. The SMILES string of the molecule is O=C1c2ccccc2C(=O)c2c(O)c(C(O)C/C=C/c3cccc(Br)c3)cc(O)c21. The number of phenols is 2. The third kappa shape index (κ3) is 3.44. The molecule has 0 aromatic heterocycles. The third-order valence-electron chi connectivity index (χ3n) is 5.06. The number of benzene rings is 3. The maximum absolute atomic E-state index is 12.9. The molecule has 0 radical (unpaired) electrons. The molecule has 3 N–H and O–H groups in total. The lowest BCUT2D eigenvalue weighted by atomic mass is 9.81. The first-order chi connectivity index (χ1) is 14.4. The number of carbonyl (C=O) groups excluding carboxylic acids is 2. The molecule has 150 valence electrons. The fourth-order valence-corrected chi connectivity index (χ4v) is 4.02. The van der Waals surface area contributed by atoms with Gasteiger partial charge in [-0.2, -0.15) is 0 Å². The summed E-state index contributed by atoms with van der Waals surface area (Å²) in [7, 11) is 0. The third-order valence-corrected chi connectivity index (χ3v) is 5.55. The summed E-state index contributed by atoms with van der Waals surface area (Å²) < 4.78 is 0.922. The summed E-state index contributed by atoms with van der Waals surface area (Å²) in [6.07, 6.45) is 2.50. The predicted molar refractivity (Wildman–Crippen MR) is 116 cm³/mol. The molecule has 0 spiro atoms. The normalized spacial score (nSPS) is 13.9. The van der Waals surface area contributed by atoms with E-state index in [9.17, 15) is 24.9 Å². The minimum atomic E-state index is -1.18. The summed E-state index contributed by atoms with van der Waals surface area (Å²) in [5.41, 5.74) is 0.735. The zero-order chi connectivity index (χ0) is 21.4. The molecule has 0 amide bonds. The smallest absolute Gasteiger partial charge is 0.198 e. The van der Waals surface area contributed by atoms with Gasteiger partial charge in [-0.25, -0.2) is 0 Å². The van der Waals surface area contributed by atoms with Crippen LogP contribution in [0.25, 0.3) is 6.08 Å². The van der Waals surface area contributed by atoms with Crippen molar-refractivity contribution in [2.45, 2.75) is 12.5 Å². The second-order valence-corrected chi connectivity index (χ2v) is 7.91. The summed E-state index contributed by atoms with van der Waals surface area (Å²) >= 11 is 3.39. The van der Waals surface area contributed by atoms with E-state index in [0.717, 1.165) is 16.1 Å². The molecule has 0 fully saturated rings. The first kappa shape index (κ1) is 20.1. The van der Waals surface area contributed by atoms with Gasteiger partial charge in [0.25, 0.3) is 0 Å². The monoisotopic (exact) mass is 464 g/mol. The van der Waals surface area contributed by atoms with Crippen molar-refractivity contribution in [2.75, 3.05) is 0 Å². The number of ketones is 2. The topological polar surface area (TPSA) is 94.8 Å². The molecule has 1 unspecified atom stereocenters. The Bertz CT molecular complexity index is 1210. The summed E-state index contributed by atoms with van der Waals surface area (Å²) in [4.78, 5) is 25.7. The second kappa shape index (κ2) is 7.89. The molecule has 3 aromatic rings. The van der Waals surface area contributed by atoms with E-state index in [0.29, 0.717) is 0 Å². The molecule has 1 aliphatic rings. The van der Waals surface area contributed by atoms with Crippen LogP contribution in [0.15, 0.2) is 65.1 Å². The maximum atomic E-state index is 12.9. The average molecular weight is 465 g/mol. The predicted octanol–water partition coefficient (Wildman–Crippen LogP) is 4.77. The largest absolute Gasteiger partial charge is 0.507 e. The second-order valence-electron chi connectivity index (χ2n) is 7.00. The highest BCUT2D eigenvalue weighted by Gasteiger charge is 2.36. The van der Waals surface area contributed by atoms with E-state index in [-0.39, 0.29) is 34.2 Å². The molecule has 0 aliphatic heterocycles. The number of aliphatic hydroxyl groups is 1. The van der Waals surface area contributed by atoms with Gasteiger partial charge in [0.1, 0.15) is 11.5 Å². The summed E-state index contributed by atoms with van der Waals surface area (Å²) in [5.74, 6) is -2.03. The zero-order valence-corrected chi connectivity index (χ0v) is 17.3. The molecule has 4 rings (SSSR count). The maximum Gasteiger partial charge on any atom is 0.198 e. The van der Waals surface area contributed by atoms with E-state index < -0.39 is 29.2 Å². The summed E-state index contributed by atoms with van der Waals surface area (Å²) in [6, 6.07) is 15.0. The van der Waals surface area contributed by atoms with Crippen LogP contribution in [0.1, 0.15) is 55.5 Å². The number of aliphatic hydroxyl groups excluding tert-OH is 1. The van der Waals surface area contributed by atoms with Crippen molar-refractivity contribution in [3.8, 4) is 11.5 Å². The molecule has 1 atom stereocenters.